The van der Waals surface area contributed by atoms with E-state index in [4.69, 9.17) is 5.73 Å². The molecule has 0 unspecified atom stereocenters. The summed E-state index contributed by atoms with van der Waals surface area (Å²) in [5.41, 5.74) is 4.30. The van der Waals surface area contributed by atoms with Gasteiger partial charge in [0.05, 0.1) is 11.3 Å². The van der Waals surface area contributed by atoms with Gasteiger partial charge in [0.25, 0.3) is 5.91 Å². The van der Waals surface area contributed by atoms with E-state index in [2.05, 4.69) is 10.4 Å². The van der Waals surface area contributed by atoms with Crippen LogP contribution in [0.4, 0.5) is 18.9 Å². The predicted octanol–water partition coefficient (Wildman–Crippen LogP) is 1.83. The highest BCUT2D eigenvalue weighted by Gasteiger charge is 2.34. The van der Waals surface area contributed by atoms with E-state index in [1.165, 1.54) is 31.4 Å². The summed E-state index contributed by atoms with van der Waals surface area (Å²) >= 11 is 0. The highest BCUT2D eigenvalue weighted by molar-refractivity contribution is 5.91. The number of nitrogens with two attached hydrogens (primary N) is 1. The molecule has 0 saturated carbocycles. The monoisotopic (exact) mass is 284 g/mol. The van der Waals surface area contributed by atoms with Gasteiger partial charge in [-0.2, -0.15) is 18.3 Å². The van der Waals surface area contributed by atoms with Crippen LogP contribution in [0.1, 0.15) is 16.1 Å². The lowest BCUT2D eigenvalue weighted by Crippen LogP contribution is -2.19. The first kappa shape index (κ1) is 13.9. The summed E-state index contributed by atoms with van der Waals surface area (Å²) in [7, 11) is 1.41. The van der Waals surface area contributed by atoms with Crippen molar-refractivity contribution in [2.75, 3.05) is 12.8 Å². The molecule has 3 N–H and O–H groups in total. The van der Waals surface area contributed by atoms with Gasteiger partial charge in [-0.15, -0.1) is 0 Å². The van der Waals surface area contributed by atoms with Crippen molar-refractivity contribution < 1.29 is 18.0 Å². The van der Waals surface area contributed by atoms with Crippen LogP contribution < -0.4 is 11.1 Å². The standard InChI is InChI=1S/C12H11F3N4O/c1-17-11(20)9-4-5-19(18-9)10-3-2-7(16)6-8(10)12(13,14)15/h2-6H,16H2,1H3,(H,17,20). The number of nitrogen functional groups attached to an aromatic ring is 1. The maximum Gasteiger partial charge on any atom is 0.418 e. The number of amides is 1. The fraction of sp³-hybridized carbons (Fsp3) is 0.167. The van der Waals surface area contributed by atoms with Gasteiger partial charge in [0.2, 0.25) is 0 Å². The van der Waals surface area contributed by atoms with Crippen LogP contribution in [-0.2, 0) is 6.18 Å². The summed E-state index contributed by atoms with van der Waals surface area (Å²) in [6.45, 7) is 0. The largest absolute Gasteiger partial charge is 0.418 e. The molecule has 2 aromatic rings. The molecule has 0 aliphatic rings. The minimum Gasteiger partial charge on any atom is -0.399 e. The van der Waals surface area contributed by atoms with Crippen molar-refractivity contribution >= 4 is 11.6 Å². The molecular weight excluding hydrogens is 273 g/mol. The number of alkyl halides is 3. The zero-order chi connectivity index (χ0) is 14.9. The topological polar surface area (TPSA) is 72.9 Å². The molecule has 1 amide bonds. The first-order valence-electron chi connectivity index (χ1n) is 5.58. The molecule has 0 radical (unpaired) electrons. The maximum atomic E-state index is 13.0. The van der Waals surface area contributed by atoms with Gasteiger partial charge in [-0.05, 0) is 24.3 Å². The molecule has 106 valence electrons. The summed E-state index contributed by atoms with van der Waals surface area (Å²) < 4.78 is 39.9. The van der Waals surface area contributed by atoms with E-state index in [9.17, 15) is 18.0 Å². The number of rotatable bonds is 2. The third kappa shape index (κ3) is 2.58. The second kappa shape index (κ2) is 4.87. The summed E-state index contributed by atoms with van der Waals surface area (Å²) in [6, 6.07) is 4.70. The van der Waals surface area contributed by atoms with Crippen LogP contribution in [-0.4, -0.2) is 22.7 Å². The van der Waals surface area contributed by atoms with Crippen LogP contribution in [0.3, 0.4) is 0 Å². The van der Waals surface area contributed by atoms with Gasteiger partial charge in [-0.3, -0.25) is 4.79 Å². The number of carbonyl (C=O) groups excluding carboxylic acids is 1. The van der Waals surface area contributed by atoms with E-state index in [-0.39, 0.29) is 17.1 Å². The van der Waals surface area contributed by atoms with Crippen LogP contribution in [0.2, 0.25) is 0 Å². The van der Waals surface area contributed by atoms with E-state index >= 15 is 0 Å². The van der Waals surface area contributed by atoms with Gasteiger partial charge in [0.1, 0.15) is 0 Å². The van der Waals surface area contributed by atoms with Gasteiger partial charge in [0.15, 0.2) is 5.69 Å². The van der Waals surface area contributed by atoms with Crippen LogP contribution in [0, 0.1) is 0 Å². The van der Waals surface area contributed by atoms with Gasteiger partial charge in [-0.25, -0.2) is 4.68 Å². The van der Waals surface area contributed by atoms with Crippen LogP contribution in [0.25, 0.3) is 5.69 Å². The highest BCUT2D eigenvalue weighted by atomic mass is 19.4. The van der Waals surface area contributed by atoms with Gasteiger partial charge in [0, 0.05) is 18.9 Å². The number of halogens is 3. The van der Waals surface area contributed by atoms with E-state index in [0.717, 1.165) is 10.7 Å². The lowest BCUT2D eigenvalue weighted by atomic mass is 10.1. The van der Waals surface area contributed by atoms with Crippen LogP contribution in [0.5, 0.6) is 0 Å². The Morgan fingerprint density at radius 3 is 2.65 bits per heavy atom. The lowest BCUT2D eigenvalue weighted by Gasteiger charge is -2.13. The Morgan fingerprint density at radius 2 is 2.05 bits per heavy atom. The van der Waals surface area contributed by atoms with Crippen LogP contribution >= 0.6 is 0 Å². The van der Waals surface area contributed by atoms with E-state index in [1.54, 1.807) is 0 Å². The summed E-state index contributed by atoms with van der Waals surface area (Å²) in [5.74, 6) is -0.479. The minimum absolute atomic E-state index is 0.000226. The summed E-state index contributed by atoms with van der Waals surface area (Å²) in [5, 5.41) is 6.16. The normalized spacial score (nSPS) is 11.4. The van der Waals surface area contributed by atoms with Crippen molar-refractivity contribution in [1.82, 2.24) is 15.1 Å². The fourth-order valence-corrected chi connectivity index (χ4v) is 1.69. The minimum atomic E-state index is -4.57. The number of hydrogen-bond donors (Lipinski definition) is 2. The number of nitrogens with zero attached hydrogens (tertiary/aromatic N) is 2. The van der Waals surface area contributed by atoms with E-state index < -0.39 is 17.6 Å². The van der Waals surface area contributed by atoms with E-state index in [0.29, 0.717) is 0 Å². The van der Waals surface area contributed by atoms with Gasteiger partial charge < -0.3 is 11.1 Å². The van der Waals surface area contributed by atoms with Crippen molar-refractivity contribution in [3.8, 4) is 5.69 Å². The number of hydrogen-bond acceptors (Lipinski definition) is 3. The Morgan fingerprint density at radius 1 is 1.35 bits per heavy atom. The Labute approximate surface area is 112 Å². The third-order valence-electron chi connectivity index (χ3n) is 2.62. The predicted molar refractivity (Wildman–Crippen MR) is 66.4 cm³/mol. The second-order valence-electron chi connectivity index (χ2n) is 4.00. The first-order chi connectivity index (χ1) is 9.32. The Bertz CT molecular complexity index is 648. The van der Waals surface area contributed by atoms with Crippen molar-refractivity contribution in [2.45, 2.75) is 6.18 Å². The van der Waals surface area contributed by atoms with Gasteiger partial charge in [-0.1, -0.05) is 0 Å². The fourth-order valence-electron chi connectivity index (χ4n) is 1.69. The molecule has 2 rings (SSSR count). The number of benzene rings is 1. The van der Waals surface area contributed by atoms with Crippen molar-refractivity contribution in [3.05, 3.63) is 41.7 Å². The molecule has 0 fully saturated rings. The second-order valence-corrected chi connectivity index (χ2v) is 4.00. The third-order valence-corrected chi connectivity index (χ3v) is 2.62. The summed E-state index contributed by atoms with van der Waals surface area (Å²) in [6.07, 6.45) is -3.28. The first-order valence-corrected chi connectivity index (χ1v) is 5.58. The molecule has 0 bridgehead atoms. The Balaban J connectivity index is 2.53. The zero-order valence-electron chi connectivity index (χ0n) is 10.4. The molecule has 0 aliphatic carbocycles. The van der Waals surface area contributed by atoms with Crippen LogP contribution in [0.15, 0.2) is 30.5 Å². The smallest absolute Gasteiger partial charge is 0.399 e. The highest BCUT2D eigenvalue weighted by Crippen LogP contribution is 2.34. The Hall–Kier alpha value is -2.51. The molecule has 20 heavy (non-hydrogen) atoms. The molecule has 8 heteroatoms. The SMILES string of the molecule is CNC(=O)c1ccn(-c2ccc(N)cc2C(F)(F)F)n1. The van der Waals surface area contributed by atoms with Crippen molar-refractivity contribution in [2.24, 2.45) is 0 Å². The number of aromatic nitrogens is 2. The molecular formula is C12H11F3N4O. The molecule has 0 aliphatic heterocycles. The summed E-state index contributed by atoms with van der Waals surface area (Å²) in [4.78, 5) is 11.4. The zero-order valence-corrected chi connectivity index (χ0v) is 10.4. The molecule has 1 aromatic heterocycles. The molecule has 0 saturated heterocycles. The molecule has 1 aromatic carbocycles. The van der Waals surface area contributed by atoms with Crippen molar-refractivity contribution in [3.63, 3.8) is 0 Å². The quantitative estimate of drug-likeness (QED) is 0.826. The maximum absolute atomic E-state index is 13.0. The molecule has 5 nitrogen and oxygen atoms in total. The molecule has 0 atom stereocenters. The lowest BCUT2D eigenvalue weighted by molar-refractivity contribution is -0.137. The average Bonchev–Trinajstić information content (AvgIpc) is 2.86. The number of anilines is 1. The number of nitrogens with one attached hydrogen (secondary N) is 1. The molecule has 0 spiro atoms. The van der Waals surface area contributed by atoms with Gasteiger partial charge >= 0.3 is 6.18 Å². The average molecular weight is 284 g/mol. The van der Waals surface area contributed by atoms with E-state index in [1.807, 2.05) is 0 Å². The van der Waals surface area contributed by atoms with Crippen molar-refractivity contribution in [1.29, 1.82) is 0 Å². The molecule has 1 heterocycles. The Kier molecular flexibility index (Phi) is 3.39. The number of carbonyl (C=O) groups is 1.